The number of thiophene rings is 1. The van der Waals surface area contributed by atoms with Crippen molar-refractivity contribution in [1.29, 1.82) is 0 Å². The number of carbonyl (C=O) groups excluding carboxylic acids is 3. The Balaban J connectivity index is 1.58. The fraction of sp³-hybridized carbons (Fsp3) is 0.0556. The number of amides is 1. The maximum absolute atomic E-state index is 11.9. The average Bonchev–Trinajstić information content (AvgIpc) is 3.34. The van der Waals surface area contributed by atoms with Gasteiger partial charge in [-0.2, -0.15) is 5.10 Å². The minimum atomic E-state index is -0.623. The van der Waals surface area contributed by atoms with E-state index in [1.54, 1.807) is 41.8 Å². The van der Waals surface area contributed by atoms with Crippen LogP contribution in [0.5, 0.6) is 5.75 Å². The van der Waals surface area contributed by atoms with Crippen molar-refractivity contribution in [2.45, 2.75) is 0 Å². The van der Waals surface area contributed by atoms with Crippen LogP contribution in [0.3, 0.4) is 0 Å². The molecule has 28 heavy (non-hydrogen) atoms. The molecule has 0 spiro atoms. The normalized spacial score (nSPS) is 16.5. The van der Waals surface area contributed by atoms with Gasteiger partial charge in [-0.25, -0.2) is 9.59 Å². The largest absolute Gasteiger partial charge is 0.466 e. The fourth-order valence-electron chi connectivity index (χ4n) is 1.96. The lowest BCUT2D eigenvalue weighted by atomic mass is 10.2. The van der Waals surface area contributed by atoms with Crippen LogP contribution in [0, 0.1) is 0 Å². The highest BCUT2D eigenvalue weighted by Crippen LogP contribution is 2.23. The van der Waals surface area contributed by atoms with Crippen molar-refractivity contribution in [2.24, 2.45) is 10.2 Å². The van der Waals surface area contributed by atoms with E-state index >= 15 is 0 Å². The molecule has 2 heterocycles. The third-order valence-electron chi connectivity index (χ3n) is 3.27. The van der Waals surface area contributed by atoms with E-state index in [-0.39, 0.29) is 10.1 Å². The van der Waals surface area contributed by atoms with Gasteiger partial charge in [0.25, 0.3) is 5.91 Å². The number of carbonyl (C=O) groups is 3. The lowest BCUT2D eigenvalue weighted by Crippen LogP contribution is -2.19. The Morgan fingerprint density at radius 2 is 1.96 bits per heavy atom. The number of amidine groups is 1. The van der Waals surface area contributed by atoms with Gasteiger partial charge in [0, 0.05) is 6.08 Å². The molecular weight excluding hydrogens is 402 g/mol. The Hall–Kier alpha value is -3.24. The van der Waals surface area contributed by atoms with E-state index in [2.05, 4.69) is 20.3 Å². The number of methoxy groups -OCH3 is 1. The minimum absolute atomic E-state index is 0.178. The SMILES string of the molecule is COC(=O)/C=C1/S/C(=N\N=Cc2ccc(OC(=O)c3cccs3)cc2)NC1=O. The number of nitrogens with zero attached hydrogens (tertiary/aromatic N) is 2. The van der Waals surface area contributed by atoms with E-state index in [1.807, 2.05) is 0 Å². The fourth-order valence-corrected chi connectivity index (χ4v) is 3.30. The predicted molar refractivity (Wildman–Crippen MR) is 107 cm³/mol. The summed E-state index contributed by atoms with van der Waals surface area (Å²) in [5, 5.41) is 12.3. The van der Waals surface area contributed by atoms with Gasteiger partial charge in [0.05, 0.1) is 18.2 Å². The molecule has 1 aliphatic heterocycles. The molecule has 1 aromatic heterocycles. The van der Waals surface area contributed by atoms with E-state index in [0.717, 1.165) is 23.4 Å². The molecule has 1 amide bonds. The first kappa shape index (κ1) is 19.5. The maximum atomic E-state index is 11.9. The van der Waals surface area contributed by atoms with Crippen molar-refractivity contribution in [1.82, 2.24) is 5.32 Å². The van der Waals surface area contributed by atoms with Crippen LogP contribution in [-0.4, -0.2) is 36.3 Å². The Kier molecular flexibility index (Phi) is 6.35. The number of hydrogen-bond acceptors (Lipinski definition) is 9. The summed E-state index contributed by atoms with van der Waals surface area (Å²) in [6.07, 6.45) is 2.56. The molecule has 1 aliphatic rings. The van der Waals surface area contributed by atoms with Crippen LogP contribution < -0.4 is 10.1 Å². The second-order valence-electron chi connectivity index (χ2n) is 5.17. The lowest BCUT2D eigenvalue weighted by molar-refractivity contribution is -0.135. The molecule has 0 unspecified atom stereocenters. The van der Waals surface area contributed by atoms with E-state index < -0.39 is 17.8 Å². The molecule has 1 aromatic carbocycles. The number of benzene rings is 1. The first-order valence-electron chi connectivity index (χ1n) is 7.81. The minimum Gasteiger partial charge on any atom is -0.466 e. The van der Waals surface area contributed by atoms with Gasteiger partial charge < -0.3 is 9.47 Å². The Morgan fingerprint density at radius 1 is 1.18 bits per heavy atom. The molecule has 3 rings (SSSR count). The summed E-state index contributed by atoms with van der Waals surface area (Å²) in [5.74, 6) is -1.06. The molecule has 1 saturated heterocycles. The van der Waals surface area contributed by atoms with Crippen molar-refractivity contribution in [3.05, 3.63) is 63.2 Å². The third kappa shape index (κ3) is 5.15. The maximum Gasteiger partial charge on any atom is 0.353 e. The second-order valence-corrected chi connectivity index (χ2v) is 7.15. The molecule has 0 saturated carbocycles. The van der Waals surface area contributed by atoms with E-state index in [1.165, 1.54) is 24.7 Å². The van der Waals surface area contributed by atoms with E-state index in [0.29, 0.717) is 10.6 Å². The summed E-state index contributed by atoms with van der Waals surface area (Å²) in [6, 6.07) is 10.2. The first-order valence-corrected chi connectivity index (χ1v) is 9.50. The monoisotopic (exact) mass is 415 g/mol. The van der Waals surface area contributed by atoms with E-state index in [4.69, 9.17) is 4.74 Å². The van der Waals surface area contributed by atoms with Gasteiger partial charge >= 0.3 is 11.9 Å². The van der Waals surface area contributed by atoms with Gasteiger partial charge in [0.15, 0.2) is 5.17 Å². The van der Waals surface area contributed by atoms with Crippen LogP contribution >= 0.6 is 23.1 Å². The number of hydrogen-bond donors (Lipinski definition) is 1. The first-order chi connectivity index (χ1) is 13.5. The summed E-state index contributed by atoms with van der Waals surface area (Å²) in [5.41, 5.74) is 0.722. The molecule has 1 N–H and O–H groups in total. The average molecular weight is 415 g/mol. The van der Waals surface area contributed by atoms with Crippen molar-refractivity contribution in [3.63, 3.8) is 0 Å². The Labute approximate surface area is 167 Å². The highest BCUT2D eigenvalue weighted by Gasteiger charge is 2.24. The standard InChI is InChI=1S/C18H13N3O5S2/c1-25-15(22)9-14-16(23)20-18(28-14)21-19-10-11-4-6-12(7-5-11)26-17(24)13-3-2-8-27-13/h2-10H,1H3,(H,20,21,23)/b14-9+,19-10?. The molecule has 0 aliphatic carbocycles. The molecule has 0 bridgehead atoms. The van der Waals surface area contributed by atoms with Crippen LogP contribution in [0.1, 0.15) is 15.2 Å². The van der Waals surface area contributed by atoms with Crippen LogP contribution in [0.25, 0.3) is 0 Å². The number of rotatable bonds is 5. The van der Waals surface area contributed by atoms with Crippen molar-refractivity contribution >= 4 is 52.3 Å². The highest BCUT2D eigenvalue weighted by molar-refractivity contribution is 8.18. The van der Waals surface area contributed by atoms with Crippen LogP contribution in [-0.2, 0) is 14.3 Å². The summed E-state index contributed by atoms with van der Waals surface area (Å²) in [6.45, 7) is 0. The quantitative estimate of drug-likeness (QED) is 0.264. The number of nitrogens with one attached hydrogen (secondary N) is 1. The second kappa shape index (κ2) is 9.11. The number of esters is 2. The Bertz CT molecular complexity index is 979. The van der Waals surface area contributed by atoms with Gasteiger partial charge in [-0.1, -0.05) is 6.07 Å². The van der Waals surface area contributed by atoms with Crippen LogP contribution in [0.4, 0.5) is 0 Å². The molecular formula is C18H13N3O5S2. The summed E-state index contributed by atoms with van der Waals surface area (Å²) in [7, 11) is 1.23. The molecule has 1 fully saturated rings. The summed E-state index contributed by atoms with van der Waals surface area (Å²) >= 11 is 2.29. The molecule has 2 aromatic rings. The predicted octanol–water partition coefficient (Wildman–Crippen LogP) is 2.58. The zero-order chi connectivity index (χ0) is 19.9. The molecule has 8 nitrogen and oxygen atoms in total. The molecule has 0 atom stereocenters. The molecule has 10 heteroatoms. The van der Waals surface area contributed by atoms with Crippen LogP contribution in [0.15, 0.2) is 63.0 Å². The van der Waals surface area contributed by atoms with Gasteiger partial charge in [-0.05, 0) is 53.0 Å². The number of ether oxygens (including phenoxy) is 2. The lowest BCUT2D eigenvalue weighted by Gasteiger charge is -2.02. The zero-order valence-corrected chi connectivity index (χ0v) is 16.1. The summed E-state index contributed by atoms with van der Waals surface area (Å²) in [4.78, 5) is 35.5. The molecule has 0 radical (unpaired) electrons. The number of thioether (sulfide) groups is 1. The smallest absolute Gasteiger partial charge is 0.353 e. The van der Waals surface area contributed by atoms with Gasteiger partial charge in [-0.3, -0.25) is 10.1 Å². The summed E-state index contributed by atoms with van der Waals surface area (Å²) < 4.78 is 9.75. The van der Waals surface area contributed by atoms with Crippen molar-refractivity contribution in [2.75, 3.05) is 7.11 Å². The van der Waals surface area contributed by atoms with E-state index in [9.17, 15) is 14.4 Å². The van der Waals surface area contributed by atoms with Gasteiger partial charge in [0.2, 0.25) is 0 Å². The van der Waals surface area contributed by atoms with Gasteiger partial charge in [-0.15, -0.1) is 16.4 Å². The Morgan fingerprint density at radius 3 is 2.64 bits per heavy atom. The molecule has 142 valence electrons. The zero-order valence-electron chi connectivity index (χ0n) is 14.4. The van der Waals surface area contributed by atoms with Crippen molar-refractivity contribution < 1.29 is 23.9 Å². The van der Waals surface area contributed by atoms with Gasteiger partial charge in [0.1, 0.15) is 10.6 Å². The highest BCUT2D eigenvalue weighted by atomic mass is 32.2. The van der Waals surface area contributed by atoms with Crippen molar-refractivity contribution in [3.8, 4) is 5.75 Å². The topological polar surface area (TPSA) is 106 Å². The van der Waals surface area contributed by atoms with Crippen LogP contribution in [0.2, 0.25) is 0 Å². The third-order valence-corrected chi connectivity index (χ3v) is 5.02.